The van der Waals surface area contributed by atoms with Crippen molar-refractivity contribution < 1.29 is 4.74 Å². The van der Waals surface area contributed by atoms with Gasteiger partial charge in [0.05, 0.1) is 10.5 Å². The smallest absolute Gasteiger partial charge is 0.122 e. The summed E-state index contributed by atoms with van der Waals surface area (Å²) >= 11 is 6.83. The molecule has 0 saturated carbocycles. The van der Waals surface area contributed by atoms with Crippen LogP contribution in [0.15, 0.2) is 27.7 Å². The van der Waals surface area contributed by atoms with Gasteiger partial charge in [0.1, 0.15) is 5.75 Å². The largest absolute Gasteiger partial charge is 0.496 e. The van der Waals surface area contributed by atoms with Crippen LogP contribution in [0.1, 0.15) is 24.0 Å². The van der Waals surface area contributed by atoms with Crippen molar-refractivity contribution >= 4 is 31.9 Å². The van der Waals surface area contributed by atoms with Crippen molar-refractivity contribution in [1.29, 1.82) is 0 Å². The minimum atomic E-state index is 0.750. The van der Waals surface area contributed by atoms with Gasteiger partial charge in [-0.2, -0.15) is 0 Å². The highest BCUT2D eigenvalue weighted by Gasteiger charge is 2.20. The monoisotopic (exact) mass is 358 g/mol. The highest BCUT2D eigenvalue weighted by atomic mass is 79.9. The van der Waals surface area contributed by atoms with Crippen molar-refractivity contribution in [3.05, 3.63) is 38.8 Å². The maximum atomic E-state index is 5.42. The molecular weight excluding hydrogens is 344 g/mol. The van der Waals surface area contributed by atoms with E-state index in [-0.39, 0.29) is 0 Å². The van der Waals surface area contributed by atoms with E-state index in [1.165, 1.54) is 17.5 Å². The van der Waals surface area contributed by atoms with Crippen molar-refractivity contribution in [3.8, 4) is 5.75 Å². The molecule has 0 aliphatic heterocycles. The van der Waals surface area contributed by atoms with Gasteiger partial charge in [0.15, 0.2) is 0 Å². The van der Waals surface area contributed by atoms with Gasteiger partial charge in [0, 0.05) is 0 Å². The summed E-state index contributed by atoms with van der Waals surface area (Å²) in [5.41, 5.74) is 2.87. The van der Waals surface area contributed by atoms with E-state index in [4.69, 9.17) is 4.74 Å². The molecule has 0 radical (unpaired) electrons. The molecule has 0 bridgehead atoms. The Bertz CT molecular complexity index is 422. The molecule has 0 spiro atoms. The molecule has 0 aromatic heterocycles. The first-order valence-electron chi connectivity index (χ1n) is 5.86. The summed E-state index contributed by atoms with van der Waals surface area (Å²) in [4.78, 5) is 0. The number of allylic oxidation sites excluding steroid dienone is 1. The van der Waals surface area contributed by atoms with Gasteiger partial charge in [0.2, 0.25) is 0 Å². The van der Waals surface area contributed by atoms with Crippen LogP contribution in [-0.4, -0.2) is 7.11 Å². The lowest BCUT2D eigenvalue weighted by molar-refractivity contribution is 0.395. The quantitative estimate of drug-likeness (QED) is 0.751. The van der Waals surface area contributed by atoms with Crippen molar-refractivity contribution in [1.82, 2.24) is 0 Å². The highest BCUT2D eigenvalue weighted by Crippen LogP contribution is 2.33. The second-order valence-electron chi connectivity index (χ2n) is 4.44. The number of fused-ring (bicyclic) bond motifs is 1. The van der Waals surface area contributed by atoms with Gasteiger partial charge in [-0.15, -0.1) is 0 Å². The summed E-state index contributed by atoms with van der Waals surface area (Å²) in [5.74, 6) is 1.80. The molecule has 1 aliphatic carbocycles. The van der Waals surface area contributed by atoms with E-state index < -0.39 is 0 Å². The van der Waals surface area contributed by atoms with Gasteiger partial charge in [0.25, 0.3) is 0 Å². The lowest BCUT2D eigenvalue weighted by Crippen LogP contribution is -2.14. The molecule has 17 heavy (non-hydrogen) atoms. The van der Waals surface area contributed by atoms with Crippen LogP contribution >= 0.6 is 31.9 Å². The third kappa shape index (κ3) is 3.35. The molecule has 0 amide bonds. The number of methoxy groups -OCH3 is 1. The zero-order valence-electron chi connectivity index (χ0n) is 9.88. The molecule has 1 atom stereocenters. The van der Waals surface area contributed by atoms with Gasteiger partial charge < -0.3 is 4.74 Å². The Hall–Kier alpha value is -0.280. The fourth-order valence-electron chi connectivity index (χ4n) is 2.50. The Morgan fingerprint density at radius 3 is 3.00 bits per heavy atom. The van der Waals surface area contributed by atoms with Crippen molar-refractivity contribution in [2.24, 2.45) is 5.92 Å². The Labute approximate surface area is 120 Å². The van der Waals surface area contributed by atoms with Crippen LogP contribution < -0.4 is 4.74 Å². The molecule has 0 N–H and O–H groups in total. The van der Waals surface area contributed by atoms with Gasteiger partial charge >= 0.3 is 0 Å². The highest BCUT2D eigenvalue weighted by molar-refractivity contribution is 9.28. The van der Waals surface area contributed by atoms with E-state index >= 15 is 0 Å². The SMILES string of the molecule is COc1cccc2c1CCC(CC=C(Br)Br)C2. The standard InChI is InChI=1S/C14H16Br2O/c1-17-13-4-2-3-11-9-10(5-7-12(11)13)6-8-14(15)16/h2-4,8,10H,5-7,9H2,1H3. The summed E-state index contributed by atoms with van der Waals surface area (Å²) in [6.07, 6.45) is 6.88. The first-order valence-corrected chi connectivity index (χ1v) is 7.45. The van der Waals surface area contributed by atoms with E-state index in [2.05, 4.69) is 56.1 Å². The summed E-state index contributed by atoms with van der Waals surface area (Å²) in [6, 6.07) is 6.39. The fraction of sp³-hybridized carbons (Fsp3) is 0.429. The molecule has 0 heterocycles. The van der Waals surface area contributed by atoms with Crippen LogP contribution in [0.3, 0.4) is 0 Å². The zero-order valence-corrected chi connectivity index (χ0v) is 13.1. The minimum absolute atomic E-state index is 0.750. The first-order chi connectivity index (χ1) is 8.20. The number of hydrogen-bond donors (Lipinski definition) is 0. The lowest BCUT2D eigenvalue weighted by atomic mass is 9.82. The Morgan fingerprint density at radius 1 is 1.47 bits per heavy atom. The summed E-state index contributed by atoms with van der Waals surface area (Å²) < 4.78 is 6.48. The average Bonchev–Trinajstić information content (AvgIpc) is 2.35. The molecule has 1 aliphatic rings. The number of ether oxygens (including phenoxy) is 1. The van der Waals surface area contributed by atoms with Gasteiger partial charge in [-0.05, 0) is 80.7 Å². The maximum Gasteiger partial charge on any atom is 0.122 e. The second-order valence-corrected chi connectivity index (χ2v) is 7.21. The van der Waals surface area contributed by atoms with Crippen LogP contribution in [-0.2, 0) is 12.8 Å². The molecule has 1 nitrogen and oxygen atoms in total. The van der Waals surface area contributed by atoms with Crippen molar-refractivity contribution in [3.63, 3.8) is 0 Å². The molecule has 2 rings (SSSR count). The Morgan fingerprint density at radius 2 is 2.29 bits per heavy atom. The summed E-state index contributed by atoms with van der Waals surface area (Å²) in [6.45, 7) is 0. The van der Waals surface area contributed by atoms with Crippen LogP contribution in [0.2, 0.25) is 0 Å². The fourth-order valence-corrected chi connectivity index (χ4v) is 2.87. The van der Waals surface area contributed by atoms with E-state index in [1.807, 2.05) is 0 Å². The molecule has 0 saturated heterocycles. The Balaban J connectivity index is 2.11. The average molecular weight is 360 g/mol. The zero-order chi connectivity index (χ0) is 12.3. The van der Waals surface area contributed by atoms with Gasteiger partial charge in [-0.25, -0.2) is 0 Å². The van der Waals surface area contributed by atoms with E-state index in [9.17, 15) is 0 Å². The first kappa shape index (κ1) is 13.2. The predicted octanol–water partition coefficient (Wildman–Crippen LogP) is 4.82. The van der Waals surface area contributed by atoms with E-state index in [1.54, 1.807) is 7.11 Å². The van der Waals surface area contributed by atoms with Crippen LogP contribution in [0, 0.1) is 5.92 Å². The third-order valence-electron chi connectivity index (χ3n) is 3.37. The molecule has 0 fully saturated rings. The maximum absolute atomic E-state index is 5.42. The number of rotatable bonds is 3. The van der Waals surface area contributed by atoms with Crippen LogP contribution in [0.25, 0.3) is 0 Å². The molecule has 92 valence electrons. The van der Waals surface area contributed by atoms with E-state index in [0.29, 0.717) is 0 Å². The lowest BCUT2D eigenvalue weighted by Gasteiger charge is -2.25. The molecule has 1 aromatic rings. The van der Waals surface area contributed by atoms with E-state index in [0.717, 1.165) is 34.3 Å². The number of benzene rings is 1. The number of halogens is 2. The van der Waals surface area contributed by atoms with Crippen LogP contribution in [0.4, 0.5) is 0 Å². The second kappa shape index (κ2) is 6.05. The van der Waals surface area contributed by atoms with Gasteiger partial charge in [-0.1, -0.05) is 18.2 Å². The van der Waals surface area contributed by atoms with Gasteiger partial charge in [-0.3, -0.25) is 0 Å². The normalized spacial score (nSPS) is 18.4. The molecule has 1 unspecified atom stereocenters. The molecule has 1 aromatic carbocycles. The topological polar surface area (TPSA) is 9.23 Å². The van der Waals surface area contributed by atoms with Crippen LogP contribution in [0.5, 0.6) is 5.75 Å². The Kier molecular flexibility index (Phi) is 4.69. The minimum Gasteiger partial charge on any atom is -0.496 e. The summed E-state index contributed by atoms with van der Waals surface area (Å²) in [5, 5.41) is 0. The van der Waals surface area contributed by atoms with Crippen molar-refractivity contribution in [2.45, 2.75) is 25.7 Å². The van der Waals surface area contributed by atoms with Crippen molar-refractivity contribution in [2.75, 3.05) is 7.11 Å². The third-order valence-corrected chi connectivity index (χ3v) is 4.01. The predicted molar refractivity (Wildman–Crippen MR) is 79.1 cm³/mol. The molecular formula is C14H16Br2O. The number of hydrogen-bond acceptors (Lipinski definition) is 1. The molecule has 3 heteroatoms. The summed E-state index contributed by atoms with van der Waals surface area (Å²) in [7, 11) is 1.76.